The summed E-state index contributed by atoms with van der Waals surface area (Å²) in [4.78, 5) is 11.2. The normalized spacial score (nSPS) is 27.8. The Kier molecular flexibility index (Phi) is 5.56. The fourth-order valence-electron chi connectivity index (χ4n) is 2.11. The first-order valence-electron chi connectivity index (χ1n) is 6.20. The number of halogens is 3. The van der Waals surface area contributed by atoms with Crippen LogP contribution < -0.4 is 4.72 Å². The average Bonchev–Trinajstić information content (AvgIpc) is 2.65. The van der Waals surface area contributed by atoms with Crippen LogP contribution in [0.4, 0.5) is 13.2 Å². The Morgan fingerprint density at radius 2 is 2.00 bits per heavy atom. The van der Waals surface area contributed by atoms with Crippen molar-refractivity contribution in [2.75, 3.05) is 12.3 Å². The summed E-state index contributed by atoms with van der Waals surface area (Å²) in [5.74, 6) is -1.17. The zero-order chi connectivity index (χ0) is 15.6. The molecule has 0 aromatic carbocycles. The lowest BCUT2D eigenvalue weighted by Crippen LogP contribution is -2.35. The first-order valence-corrected chi connectivity index (χ1v) is 7.85. The zero-order valence-corrected chi connectivity index (χ0v) is 12.1. The molecule has 0 amide bonds. The zero-order valence-electron chi connectivity index (χ0n) is 11.2. The molecule has 1 aliphatic rings. The Morgan fingerprint density at radius 1 is 1.40 bits per heavy atom. The molecule has 3 atom stereocenters. The summed E-state index contributed by atoms with van der Waals surface area (Å²) in [7, 11) is -3.99. The van der Waals surface area contributed by atoms with Gasteiger partial charge in [0.25, 0.3) is 0 Å². The second kappa shape index (κ2) is 6.40. The number of nitrogens with one attached hydrogen (secondary N) is 1. The molecule has 1 saturated heterocycles. The molecular formula is C11H18F3NO4S. The molecule has 1 aliphatic heterocycles. The van der Waals surface area contributed by atoms with Crippen LogP contribution in [0.25, 0.3) is 0 Å². The predicted octanol–water partition coefficient (Wildman–Crippen LogP) is 1.24. The maximum atomic E-state index is 12.0. The fraction of sp³-hybridized carbons (Fsp3) is 0.909. The maximum Gasteiger partial charge on any atom is 0.390 e. The summed E-state index contributed by atoms with van der Waals surface area (Å²) >= 11 is 0. The molecule has 0 unspecified atom stereocenters. The number of Topliss-reactive ketones (excluding diaryl/α,β-unsaturated/α-hetero) is 1. The standard InChI is InChI=1S/C11H18F3NO4S/c1-7-5-9(19-10(7)8(2)16)6-15-20(17,18)4-3-11(12,13)14/h7,9-10,15H,3-6H2,1-2H3/t7-,9-,10+/m0/s1. The highest BCUT2D eigenvalue weighted by Gasteiger charge is 2.36. The molecule has 0 bridgehead atoms. The van der Waals surface area contributed by atoms with Crippen LogP contribution in [-0.2, 0) is 19.6 Å². The molecule has 0 saturated carbocycles. The lowest BCUT2D eigenvalue weighted by Gasteiger charge is -2.13. The number of alkyl halides is 3. The van der Waals surface area contributed by atoms with Gasteiger partial charge >= 0.3 is 6.18 Å². The molecule has 0 aromatic heterocycles. The Labute approximate surface area is 115 Å². The number of hydrogen-bond acceptors (Lipinski definition) is 4. The lowest BCUT2D eigenvalue weighted by atomic mass is 9.99. The molecule has 9 heteroatoms. The molecule has 1 heterocycles. The molecular weight excluding hydrogens is 299 g/mol. The van der Waals surface area contributed by atoms with Crippen LogP contribution in [-0.4, -0.2) is 44.9 Å². The summed E-state index contributed by atoms with van der Waals surface area (Å²) in [6.45, 7) is 3.08. The van der Waals surface area contributed by atoms with E-state index in [2.05, 4.69) is 4.72 Å². The van der Waals surface area contributed by atoms with Crippen molar-refractivity contribution in [3.05, 3.63) is 0 Å². The van der Waals surface area contributed by atoms with Crippen molar-refractivity contribution < 1.29 is 31.1 Å². The Morgan fingerprint density at radius 3 is 2.45 bits per heavy atom. The summed E-state index contributed by atoms with van der Waals surface area (Å²) < 4.78 is 66.2. The Bertz CT molecular complexity index is 449. The van der Waals surface area contributed by atoms with Crippen molar-refractivity contribution >= 4 is 15.8 Å². The van der Waals surface area contributed by atoms with Crippen LogP contribution in [0.3, 0.4) is 0 Å². The third-order valence-electron chi connectivity index (χ3n) is 3.08. The van der Waals surface area contributed by atoms with Gasteiger partial charge in [0.05, 0.1) is 18.3 Å². The molecule has 20 heavy (non-hydrogen) atoms. The van der Waals surface area contributed by atoms with Crippen LogP contribution in [0, 0.1) is 5.92 Å². The number of hydrogen-bond donors (Lipinski definition) is 1. The van der Waals surface area contributed by atoms with E-state index in [1.165, 1.54) is 6.92 Å². The van der Waals surface area contributed by atoms with Gasteiger partial charge in [-0.2, -0.15) is 13.2 Å². The van der Waals surface area contributed by atoms with Crippen LogP contribution >= 0.6 is 0 Å². The Hall–Kier alpha value is -0.670. The molecule has 5 nitrogen and oxygen atoms in total. The predicted molar refractivity (Wildman–Crippen MR) is 65.6 cm³/mol. The fourth-order valence-corrected chi connectivity index (χ4v) is 3.19. The average molecular weight is 317 g/mol. The van der Waals surface area contributed by atoms with Crippen molar-refractivity contribution in [2.45, 2.75) is 45.1 Å². The molecule has 118 valence electrons. The summed E-state index contributed by atoms with van der Waals surface area (Å²) in [6, 6.07) is 0. The number of ether oxygens (including phenoxy) is 1. The van der Waals surface area contributed by atoms with Gasteiger partial charge in [0.1, 0.15) is 6.10 Å². The summed E-state index contributed by atoms with van der Waals surface area (Å²) in [5.41, 5.74) is 0. The van der Waals surface area contributed by atoms with Gasteiger partial charge in [0.15, 0.2) is 5.78 Å². The van der Waals surface area contributed by atoms with Gasteiger partial charge in [0, 0.05) is 6.54 Å². The van der Waals surface area contributed by atoms with Crippen molar-refractivity contribution in [2.24, 2.45) is 5.92 Å². The molecule has 0 aliphatic carbocycles. The number of carbonyl (C=O) groups is 1. The van der Waals surface area contributed by atoms with Crippen LogP contribution in [0.5, 0.6) is 0 Å². The van der Waals surface area contributed by atoms with Gasteiger partial charge in [-0.05, 0) is 19.3 Å². The van der Waals surface area contributed by atoms with Crippen molar-refractivity contribution in [3.8, 4) is 0 Å². The van der Waals surface area contributed by atoms with E-state index >= 15 is 0 Å². The monoisotopic (exact) mass is 317 g/mol. The van der Waals surface area contributed by atoms with E-state index in [1.54, 1.807) is 0 Å². The van der Waals surface area contributed by atoms with Gasteiger partial charge in [-0.25, -0.2) is 13.1 Å². The smallest absolute Gasteiger partial charge is 0.366 e. The molecule has 0 radical (unpaired) electrons. The van der Waals surface area contributed by atoms with Gasteiger partial charge in [-0.3, -0.25) is 4.79 Å². The highest BCUT2D eigenvalue weighted by molar-refractivity contribution is 7.89. The van der Waals surface area contributed by atoms with Crippen LogP contribution in [0.1, 0.15) is 26.7 Å². The molecule has 0 spiro atoms. The quantitative estimate of drug-likeness (QED) is 0.800. The molecule has 0 aromatic rings. The topological polar surface area (TPSA) is 72.5 Å². The number of sulfonamides is 1. The van der Waals surface area contributed by atoms with Gasteiger partial charge in [-0.15, -0.1) is 0 Å². The first kappa shape index (κ1) is 17.4. The van der Waals surface area contributed by atoms with Gasteiger partial charge in [-0.1, -0.05) is 6.92 Å². The van der Waals surface area contributed by atoms with E-state index in [0.29, 0.717) is 6.42 Å². The van der Waals surface area contributed by atoms with Crippen molar-refractivity contribution in [1.29, 1.82) is 0 Å². The third kappa shape index (κ3) is 5.76. The lowest BCUT2D eigenvalue weighted by molar-refractivity contribution is -0.130. The minimum atomic E-state index is -4.51. The van der Waals surface area contributed by atoms with Gasteiger partial charge in [0.2, 0.25) is 10.0 Å². The second-order valence-electron chi connectivity index (χ2n) is 5.03. The number of rotatable bonds is 6. The van der Waals surface area contributed by atoms with E-state index in [-0.39, 0.29) is 18.2 Å². The highest BCUT2D eigenvalue weighted by Crippen LogP contribution is 2.26. The maximum absolute atomic E-state index is 12.0. The van der Waals surface area contributed by atoms with Crippen molar-refractivity contribution in [1.82, 2.24) is 4.72 Å². The number of carbonyl (C=O) groups excluding carboxylic acids is 1. The van der Waals surface area contributed by atoms with E-state index < -0.39 is 40.6 Å². The van der Waals surface area contributed by atoms with E-state index in [1.807, 2.05) is 6.92 Å². The second-order valence-corrected chi connectivity index (χ2v) is 6.96. The van der Waals surface area contributed by atoms with Crippen LogP contribution in [0.15, 0.2) is 0 Å². The largest absolute Gasteiger partial charge is 0.390 e. The summed E-state index contributed by atoms with van der Waals surface area (Å²) in [6.07, 6.45) is -6.46. The summed E-state index contributed by atoms with van der Waals surface area (Å²) in [5, 5.41) is 0. The highest BCUT2D eigenvalue weighted by atomic mass is 32.2. The van der Waals surface area contributed by atoms with E-state index in [9.17, 15) is 26.4 Å². The number of ketones is 1. The first-order chi connectivity index (χ1) is 9.00. The van der Waals surface area contributed by atoms with E-state index in [0.717, 1.165) is 0 Å². The van der Waals surface area contributed by atoms with E-state index in [4.69, 9.17) is 4.74 Å². The minimum absolute atomic E-state index is 0.0304. The third-order valence-corrected chi connectivity index (χ3v) is 4.42. The molecule has 1 rings (SSSR count). The SMILES string of the molecule is CC(=O)[C@@H]1O[C@H](CNS(=O)(=O)CCC(F)(F)F)C[C@@H]1C. The van der Waals surface area contributed by atoms with Gasteiger partial charge < -0.3 is 4.74 Å². The Balaban J connectivity index is 2.42. The van der Waals surface area contributed by atoms with Crippen molar-refractivity contribution in [3.63, 3.8) is 0 Å². The minimum Gasteiger partial charge on any atom is -0.366 e. The molecule has 1 N–H and O–H groups in total. The van der Waals surface area contributed by atoms with Crippen LogP contribution in [0.2, 0.25) is 0 Å². The molecule has 1 fully saturated rings.